The zero-order chi connectivity index (χ0) is 19.1. The number of sulfonamides is 1. The molecule has 6 nitrogen and oxygen atoms in total. The SMILES string of the molecule is C=CS(=O)(=O)N1CC2CN(C(=O)CNc3cc(Cl)c(Cl)cc3I)CC2C1. The molecule has 2 atom stereocenters. The van der Waals surface area contributed by atoms with E-state index in [1.165, 1.54) is 4.31 Å². The lowest BCUT2D eigenvalue weighted by molar-refractivity contribution is -0.128. The van der Waals surface area contributed by atoms with Crippen LogP contribution in [0.3, 0.4) is 0 Å². The molecule has 0 aliphatic carbocycles. The minimum Gasteiger partial charge on any atom is -0.375 e. The minimum atomic E-state index is -3.38. The number of hydrogen-bond donors (Lipinski definition) is 1. The Labute approximate surface area is 176 Å². The van der Waals surface area contributed by atoms with Gasteiger partial charge in [0.1, 0.15) is 0 Å². The molecule has 142 valence electrons. The molecule has 1 N–H and O–H groups in total. The highest BCUT2D eigenvalue weighted by atomic mass is 127. The van der Waals surface area contributed by atoms with Crippen LogP contribution in [0.25, 0.3) is 0 Å². The lowest BCUT2D eigenvalue weighted by Crippen LogP contribution is -2.37. The van der Waals surface area contributed by atoms with Gasteiger partial charge in [0.05, 0.1) is 16.6 Å². The van der Waals surface area contributed by atoms with E-state index >= 15 is 0 Å². The molecule has 1 aromatic rings. The van der Waals surface area contributed by atoms with Gasteiger partial charge in [-0.25, -0.2) is 8.42 Å². The van der Waals surface area contributed by atoms with E-state index in [1.54, 1.807) is 17.0 Å². The van der Waals surface area contributed by atoms with Gasteiger partial charge in [-0.15, -0.1) is 0 Å². The molecule has 2 fully saturated rings. The number of fused-ring (bicyclic) bond motifs is 1. The predicted octanol–water partition coefficient (Wildman–Crippen LogP) is 2.87. The van der Waals surface area contributed by atoms with Crippen molar-refractivity contribution in [3.05, 3.63) is 37.7 Å². The zero-order valence-electron chi connectivity index (χ0n) is 13.8. The minimum absolute atomic E-state index is 0.0144. The van der Waals surface area contributed by atoms with Gasteiger partial charge in [0.15, 0.2) is 0 Å². The van der Waals surface area contributed by atoms with Gasteiger partial charge >= 0.3 is 0 Å². The summed E-state index contributed by atoms with van der Waals surface area (Å²) in [4.78, 5) is 14.3. The molecule has 2 aliphatic heterocycles. The van der Waals surface area contributed by atoms with E-state index < -0.39 is 10.0 Å². The number of hydrogen-bond acceptors (Lipinski definition) is 4. The van der Waals surface area contributed by atoms with Crippen LogP contribution in [0.2, 0.25) is 10.0 Å². The number of carbonyl (C=O) groups is 1. The van der Waals surface area contributed by atoms with E-state index in [0.717, 1.165) is 14.7 Å². The van der Waals surface area contributed by atoms with Gasteiger partial charge in [-0.05, 0) is 46.6 Å². The Morgan fingerprint density at radius 3 is 2.38 bits per heavy atom. The van der Waals surface area contributed by atoms with Gasteiger partial charge in [-0.2, -0.15) is 4.31 Å². The lowest BCUT2D eigenvalue weighted by atomic mass is 10.0. The molecule has 1 aromatic carbocycles. The van der Waals surface area contributed by atoms with E-state index in [4.69, 9.17) is 23.2 Å². The molecule has 2 aliphatic rings. The molecule has 0 spiro atoms. The highest BCUT2D eigenvalue weighted by Gasteiger charge is 2.44. The van der Waals surface area contributed by atoms with Gasteiger partial charge in [0.25, 0.3) is 0 Å². The fourth-order valence-electron chi connectivity index (χ4n) is 3.41. The van der Waals surface area contributed by atoms with Crippen LogP contribution in [0.5, 0.6) is 0 Å². The number of nitrogens with zero attached hydrogens (tertiary/aromatic N) is 2. The molecule has 0 bridgehead atoms. The van der Waals surface area contributed by atoms with Gasteiger partial charge in [-0.3, -0.25) is 4.79 Å². The normalized spacial score (nSPS) is 23.1. The van der Waals surface area contributed by atoms with Crippen LogP contribution in [0.4, 0.5) is 5.69 Å². The van der Waals surface area contributed by atoms with E-state index in [0.29, 0.717) is 36.2 Å². The Bertz CT molecular complexity index is 835. The molecular formula is C16H18Cl2IN3O3S. The fourth-order valence-corrected chi connectivity index (χ4v) is 5.59. The van der Waals surface area contributed by atoms with Crippen LogP contribution >= 0.6 is 45.8 Å². The maximum Gasteiger partial charge on any atom is 0.241 e. The van der Waals surface area contributed by atoms with Crippen LogP contribution in [0.15, 0.2) is 24.1 Å². The summed E-state index contributed by atoms with van der Waals surface area (Å²) in [7, 11) is -3.38. The number of benzene rings is 1. The molecular weight excluding hydrogens is 512 g/mol. The van der Waals surface area contributed by atoms with Crippen LogP contribution in [0.1, 0.15) is 0 Å². The number of carbonyl (C=O) groups excluding carboxylic acids is 1. The first-order chi connectivity index (χ1) is 12.2. The van der Waals surface area contributed by atoms with Crippen LogP contribution in [-0.4, -0.2) is 56.3 Å². The molecule has 0 radical (unpaired) electrons. The van der Waals surface area contributed by atoms with Gasteiger partial charge in [-0.1, -0.05) is 29.8 Å². The summed E-state index contributed by atoms with van der Waals surface area (Å²) in [5.74, 6) is 0.344. The molecule has 10 heteroatoms. The quantitative estimate of drug-likeness (QED) is 0.470. The lowest BCUT2D eigenvalue weighted by Gasteiger charge is -2.21. The first-order valence-corrected chi connectivity index (χ1v) is 11.3. The second-order valence-corrected chi connectivity index (χ2v) is 10.3. The van der Waals surface area contributed by atoms with Crippen molar-refractivity contribution in [2.45, 2.75) is 0 Å². The van der Waals surface area contributed by atoms with Crippen molar-refractivity contribution < 1.29 is 13.2 Å². The van der Waals surface area contributed by atoms with Crippen molar-refractivity contribution in [2.75, 3.05) is 38.0 Å². The average Bonchev–Trinajstić information content (AvgIpc) is 3.16. The van der Waals surface area contributed by atoms with Gasteiger partial charge in [0, 0.05) is 40.8 Å². The molecule has 26 heavy (non-hydrogen) atoms. The van der Waals surface area contributed by atoms with Crippen molar-refractivity contribution in [1.29, 1.82) is 0 Å². The Hall–Kier alpha value is -0.550. The molecule has 0 aromatic heterocycles. The second-order valence-electron chi connectivity index (χ2n) is 6.45. The highest BCUT2D eigenvalue weighted by molar-refractivity contribution is 14.1. The van der Waals surface area contributed by atoms with Crippen LogP contribution < -0.4 is 5.32 Å². The van der Waals surface area contributed by atoms with Crippen molar-refractivity contribution in [2.24, 2.45) is 11.8 Å². The summed E-state index contributed by atoms with van der Waals surface area (Å²) in [5.41, 5.74) is 0.760. The summed E-state index contributed by atoms with van der Waals surface area (Å²) in [5, 5.41) is 4.99. The maximum atomic E-state index is 12.5. The van der Waals surface area contributed by atoms with Crippen molar-refractivity contribution in [3.63, 3.8) is 0 Å². The number of amides is 1. The maximum absolute atomic E-state index is 12.5. The monoisotopic (exact) mass is 529 g/mol. The molecule has 3 rings (SSSR count). The highest BCUT2D eigenvalue weighted by Crippen LogP contribution is 2.33. The Morgan fingerprint density at radius 1 is 1.23 bits per heavy atom. The first kappa shape index (κ1) is 20.2. The largest absolute Gasteiger partial charge is 0.375 e. The van der Waals surface area contributed by atoms with Crippen molar-refractivity contribution >= 4 is 67.4 Å². The summed E-state index contributed by atoms with van der Waals surface area (Å²) < 4.78 is 26.1. The van der Waals surface area contributed by atoms with Crippen LogP contribution in [-0.2, 0) is 14.8 Å². The number of nitrogens with one attached hydrogen (secondary N) is 1. The van der Waals surface area contributed by atoms with E-state index in [-0.39, 0.29) is 24.3 Å². The summed E-state index contributed by atoms with van der Waals surface area (Å²) in [6.45, 7) is 5.56. The van der Waals surface area contributed by atoms with E-state index in [2.05, 4.69) is 34.5 Å². The third-order valence-corrected chi connectivity index (χ3v) is 7.87. The number of anilines is 1. The number of likely N-dealkylation sites (tertiary alicyclic amines) is 1. The van der Waals surface area contributed by atoms with Crippen molar-refractivity contribution in [1.82, 2.24) is 9.21 Å². The zero-order valence-corrected chi connectivity index (χ0v) is 18.3. The third-order valence-electron chi connectivity index (χ3n) is 4.82. The fraction of sp³-hybridized carbons (Fsp3) is 0.438. The Kier molecular flexibility index (Phi) is 6.08. The molecule has 2 unspecified atom stereocenters. The van der Waals surface area contributed by atoms with E-state index in [1.807, 2.05) is 0 Å². The first-order valence-electron chi connectivity index (χ1n) is 8.00. The molecule has 2 saturated heterocycles. The number of halogens is 3. The molecule has 0 saturated carbocycles. The Balaban J connectivity index is 1.56. The second kappa shape index (κ2) is 7.83. The van der Waals surface area contributed by atoms with Gasteiger partial charge < -0.3 is 10.2 Å². The summed E-state index contributed by atoms with van der Waals surface area (Å²) >= 11 is 14.1. The summed E-state index contributed by atoms with van der Waals surface area (Å²) in [6, 6.07) is 3.45. The van der Waals surface area contributed by atoms with Crippen molar-refractivity contribution in [3.8, 4) is 0 Å². The van der Waals surface area contributed by atoms with Gasteiger partial charge in [0.2, 0.25) is 15.9 Å². The van der Waals surface area contributed by atoms with E-state index in [9.17, 15) is 13.2 Å². The number of rotatable bonds is 5. The molecule has 2 heterocycles. The average molecular weight is 530 g/mol. The summed E-state index contributed by atoms with van der Waals surface area (Å²) in [6.07, 6.45) is 0. The third kappa shape index (κ3) is 4.14. The standard InChI is InChI=1S/C16H18Cl2IN3O3S/c1-2-26(24,25)22-8-10-6-21(7-11(10)9-22)16(23)5-20-15-4-13(18)12(17)3-14(15)19/h2-4,10-11,20H,1,5-9H2. The topological polar surface area (TPSA) is 69.7 Å². The smallest absolute Gasteiger partial charge is 0.241 e. The van der Waals surface area contributed by atoms with Crippen LogP contribution in [0, 0.1) is 15.4 Å². The Morgan fingerprint density at radius 2 is 1.81 bits per heavy atom. The predicted molar refractivity (Wildman–Crippen MR) is 112 cm³/mol. The molecule has 1 amide bonds.